The van der Waals surface area contributed by atoms with Crippen molar-refractivity contribution in [3.63, 3.8) is 0 Å². The van der Waals surface area contributed by atoms with E-state index in [-0.39, 0.29) is 6.04 Å². The van der Waals surface area contributed by atoms with Crippen LogP contribution in [0.4, 0.5) is 0 Å². The lowest BCUT2D eigenvalue weighted by Gasteiger charge is -2.16. The second-order valence-electron chi connectivity index (χ2n) is 4.20. The second-order valence-corrected chi connectivity index (χ2v) is 6.27. The summed E-state index contributed by atoms with van der Waals surface area (Å²) in [6, 6.07) is 3.93. The number of hydrogen-bond acceptors (Lipinski definition) is 8. The van der Waals surface area contributed by atoms with Crippen LogP contribution in [0.3, 0.4) is 0 Å². The van der Waals surface area contributed by atoms with Crippen molar-refractivity contribution in [3.8, 4) is 11.8 Å². The minimum atomic E-state index is -0.275. The first-order valence-corrected chi connectivity index (χ1v) is 7.84. The topological polar surface area (TPSA) is 82.3 Å². The highest BCUT2D eigenvalue weighted by molar-refractivity contribution is 7.27. The first-order valence-electron chi connectivity index (χ1n) is 6.14. The number of hydrazine groups is 1. The van der Waals surface area contributed by atoms with Crippen LogP contribution in [0.1, 0.15) is 16.6 Å². The Morgan fingerprint density at radius 3 is 2.81 bits per heavy atom. The average molecular weight is 322 g/mol. The van der Waals surface area contributed by atoms with E-state index in [0.29, 0.717) is 17.5 Å². The van der Waals surface area contributed by atoms with Crippen LogP contribution >= 0.6 is 22.7 Å². The third-order valence-corrected chi connectivity index (χ3v) is 5.19. The fraction of sp³-hybridized carbons (Fsp3) is 0.231. The monoisotopic (exact) mass is 322 g/mol. The number of thiophene rings is 2. The average Bonchev–Trinajstić information content (AvgIpc) is 3.10. The van der Waals surface area contributed by atoms with Gasteiger partial charge < -0.3 is 9.47 Å². The standard InChI is InChI=1S/C13H14N4O2S2/c1-18-10-6-15-12(13(16-10)19-2)11(17-14)9-5-8-7(21-9)3-4-20-8/h3-6,11,17H,14H2,1-2H3. The van der Waals surface area contributed by atoms with Crippen molar-refractivity contribution in [1.29, 1.82) is 0 Å². The highest BCUT2D eigenvalue weighted by Gasteiger charge is 2.22. The van der Waals surface area contributed by atoms with E-state index in [2.05, 4.69) is 32.9 Å². The van der Waals surface area contributed by atoms with E-state index in [1.165, 1.54) is 16.5 Å². The smallest absolute Gasteiger partial charge is 0.240 e. The van der Waals surface area contributed by atoms with E-state index >= 15 is 0 Å². The van der Waals surface area contributed by atoms with Gasteiger partial charge in [0.2, 0.25) is 11.8 Å². The van der Waals surface area contributed by atoms with Gasteiger partial charge in [-0.1, -0.05) is 0 Å². The van der Waals surface area contributed by atoms with Gasteiger partial charge in [0.05, 0.1) is 20.4 Å². The largest absolute Gasteiger partial charge is 0.480 e. The number of nitrogens with two attached hydrogens (primary N) is 1. The number of rotatable bonds is 5. The van der Waals surface area contributed by atoms with Crippen LogP contribution in [-0.4, -0.2) is 24.2 Å². The Morgan fingerprint density at radius 1 is 1.29 bits per heavy atom. The SMILES string of the molecule is COc1cnc(C(NN)c2cc3sccc3s2)c(OC)n1. The summed E-state index contributed by atoms with van der Waals surface area (Å²) in [5, 5.41) is 2.07. The molecule has 0 saturated heterocycles. The van der Waals surface area contributed by atoms with Crippen LogP contribution in [0.15, 0.2) is 23.7 Å². The number of hydrogen-bond donors (Lipinski definition) is 2. The molecule has 3 aromatic rings. The molecule has 3 N–H and O–H groups in total. The summed E-state index contributed by atoms with van der Waals surface area (Å²) in [4.78, 5) is 9.69. The fourth-order valence-electron chi connectivity index (χ4n) is 2.04. The molecule has 0 fully saturated rings. The predicted molar refractivity (Wildman–Crippen MR) is 84.0 cm³/mol. The lowest BCUT2D eigenvalue weighted by atomic mass is 10.2. The van der Waals surface area contributed by atoms with Crippen LogP contribution in [0, 0.1) is 0 Å². The predicted octanol–water partition coefficient (Wildman–Crippen LogP) is 2.32. The normalized spacial score (nSPS) is 12.5. The van der Waals surface area contributed by atoms with Gasteiger partial charge in [-0.2, -0.15) is 4.98 Å². The molecule has 0 spiro atoms. The molecule has 0 amide bonds. The maximum Gasteiger partial charge on any atom is 0.240 e. The summed E-state index contributed by atoms with van der Waals surface area (Å²) in [6.45, 7) is 0. The number of fused-ring (bicyclic) bond motifs is 1. The van der Waals surface area contributed by atoms with Gasteiger partial charge in [0.1, 0.15) is 11.7 Å². The molecule has 1 unspecified atom stereocenters. The van der Waals surface area contributed by atoms with Gasteiger partial charge in [-0.25, -0.2) is 10.4 Å². The summed E-state index contributed by atoms with van der Waals surface area (Å²) in [5.74, 6) is 6.53. The zero-order valence-corrected chi connectivity index (χ0v) is 13.1. The first-order chi connectivity index (χ1) is 10.3. The lowest BCUT2D eigenvalue weighted by Crippen LogP contribution is -2.29. The minimum absolute atomic E-state index is 0.275. The Balaban J connectivity index is 2.05. The number of nitrogens with one attached hydrogen (secondary N) is 1. The maximum absolute atomic E-state index is 5.73. The molecule has 3 rings (SSSR count). The third-order valence-electron chi connectivity index (χ3n) is 3.03. The molecule has 110 valence electrons. The van der Waals surface area contributed by atoms with Gasteiger partial charge in [-0.15, -0.1) is 22.7 Å². The van der Waals surface area contributed by atoms with Crippen LogP contribution in [-0.2, 0) is 0 Å². The number of ether oxygens (including phenoxy) is 2. The molecule has 1 atom stereocenters. The third kappa shape index (κ3) is 2.58. The Hall–Kier alpha value is -1.74. The number of aromatic nitrogens is 2. The molecule has 3 heterocycles. The van der Waals surface area contributed by atoms with Crippen molar-refractivity contribution < 1.29 is 9.47 Å². The number of nitrogens with zero attached hydrogens (tertiary/aromatic N) is 2. The van der Waals surface area contributed by atoms with E-state index in [1.54, 1.807) is 36.0 Å². The highest BCUT2D eigenvalue weighted by Crippen LogP contribution is 2.37. The van der Waals surface area contributed by atoms with Crippen LogP contribution in [0.25, 0.3) is 9.40 Å². The minimum Gasteiger partial charge on any atom is -0.480 e. The van der Waals surface area contributed by atoms with Gasteiger partial charge in [0.15, 0.2) is 0 Å². The first kappa shape index (κ1) is 14.2. The van der Waals surface area contributed by atoms with Gasteiger partial charge in [0, 0.05) is 14.3 Å². The number of methoxy groups -OCH3 is 2. The molecular formula is C13H14N4O2S2. The molecular weight excluding hydrogens is 308 g/mol. The summed E-state index contributed by atoms with van der Waals surface area (Å²) >= 11 is 3.38. The van der Waals surface area contributed by atoms with E-state index in [1.807, 2.05) is 0 Å². The van der Waals surface area contributed by atoms with E-state index in [9.17, 15) is 0 Å². The molecule has 21 heavy (non-hydrogen) atoms. The van der Waals surface area contributed by atoms with Gasteiger partial charge >= 0.3 is 0 Å². The van der Waals surface area contributed by atoms with Crippen LogP contribution < -0.4 is 20.7 Å². The zero-order chi connectivity index (χ0) is 14.8. The van der Waals surface area contributed by atoms with Gasteiger partial charge in [0.25, 0.3) is 0 Å². The van der Waals surface area contributed by atoms with Crippen LogP contribution in [0.5, 0.6) is 11.8 Å². The molecule has 0 radical (unpaired) electrons. The quantitative estimate of drug-likeness (QED) is 0.554. The molecule has 0 bridgehead atoms. The Bertz CT molecular complexity index is 727. The van der Waals surface area contributed by atoms with Crippen molar-refractivity contribution >= 4 is 32.1 Å². The molecule has 6 nitrogen and oxygen atoms in total. The van der Waals surface area contributed by atoms with Crippen molar-refractivity contribution in [2.75, 3.05) is 14.2 Å². The van der Waals surface area contributed by atoms with Gasteiger partial charge in [-0.05, 0) is 17.5 Å². The Morgan fingerprint density at radius 2 is 2.14 bits per heavy atom. The van der Waals surface area contributed by atoms with E-state index in [4.69, 9.17) is 15.3 Å². The van der Waals surface area contributed by atoms with Crippen molar-refractivity contribution in [2.24, 2.45) is 5.84 Å². The summed E-state index contributed by atoms with van der Waals surface area (Å²) in [7, 11) is 3.09. The Labute approximate surface area is 129 Å². The molecule has 0 aliphatic carbocycles. The maximum atomic E-state index is 5.73. The van der Waals surface area contributed by atoms with E-state index in [0.717, 1.165) is 4.88 Å². The fourth-order valence-corrected chi connectivity index (χ4v) is 4.22. The molecule has 0 saturated carbocycles. The molecule has 8 heteroatoms. The Kier molecular flexibility index (Phi) is 4.02. The lowest BCUT2D eigenvalue weighted by molar-refractivity contribution is 0.353. The second kappa shape index (κ2) is 5.94. The summed E-state index contributed by atoms with van der Waals surface area (Å²) in [5.41, 5.74) is 3.42. The van der Waals surface area contributed by atoms with Crippen molar-refractivity contribution in [2.45, 2.75) is 6.04 Å². The van der Waals surface area contributed by atoms with Crippen molar-refractivity contribution in [3.05, 3.63) is 34.3 Å². The summed E-state index contributed by atoms with van der Waals surface area (Å²) in [6.07, 6.45) is 1.55. The molecule has 0 aliphatic heterocycles. The van der Waals surface area contributed by atoms with E-state index < -0.39 is 0 Å². The zero-order valence-electron chi connectivity index (χ0n) is 11.5. The highest BCUT2D eigenvalue weighted by atomic mass is 32.1. The summed E-state index contributed by atoms with van der Waals surface area (Å²) < 4.78 is 12.8. The van der Waals surface area contributed by atoms with Crippen molar-refractivity contribution in [1.82, 2.24) is 15.4 Å². The molecule has 0 aliphatic rings. The molecule has 3 aromatic heterocycles. The molecule has 0 aromatic carbocycles. The van der Waals surface area contributed by atoms with Crippen LogP contribution in [0.2, 0.25) is 0 Å². The van der Waals surface area contributed by atoms with Gasteiger partial charge in [-0.3, -0.25) is 5.84 Å².